The highest BCUT2D eigenvalue weighted by Crippen LogP contribution is 2.31. The van der Waals surface area contributed by atoms with E-state index in [9.17, 15) is 5.11 Å². The first kappa shape index (κ1) is 11.4. The summed E-state index contributed by atoms with van der Waals surface area (Å²) in [6.07, 6.45) is 3.13. The molecule has 1 aromatic rings. The summed E-state index contributed by atoms with van der Waals surface area (Å²) in [4.78, 5) is 7.65. The highest BCUT2D eigenvalue weighted by molar-refractivity contribution is 6.29. The summed E-state index contributed by atoms with van der Waals surface area (Å²) in [6, 6.07) is 1.50. The Bertz CT molecular complexity index is 351. The minimum Gasteiger partial charge on any atom is -0.471 e. The van der Waals surface area contributed by atoms with Crippen LogP contribution in [0.25, 0.3) is 0 Å². The standard InChI is InChI=1S/C10H14ClN3O2/c11-8-4-9(14-10(12)13-8)16-7(5-15)6-2-1-3-6/h4,6-7,15H,1-3,5H2,(H2,12,13,14). The van der Waals surface area contributed by atoms with Gasteiger partial charge in [-0.25, -0.2) is 4.98 Å². The van der Waals surface area contributed by atoms with E-state index in [2.05, 4.69) is 9.97 Å². The Labute approximate surface area is 98.6 Å². The van der Waals surface area contributed by atoms with Crippen LogP contribution < -0.4 is 10.5 Å². The molecule has 0 spiro atoms. The third-order valence-electron chi connectivity index (χ3n) is 2.82. The second-order valence-electron chi connectivity index (χ2n) is 3.92. The highest BCUT2D eigenvalue weighted by Gasteiger charge is 2.28. The van der Waals surface area contributed by atoms with Crippen molar-refractivity contribution >= 4 is 17.5 Å². The van der Waals surface area contributed by atoms with Crippen LogP contribution in [-0.2, 0) is 0 Å². The van der Waals surface area contributed by atoms with Gasteiger partial charge in [0.15, 0.2) is 0 Å². The predicted molar refractivity (Wildman–Crippen MR) is 60.3 cm³/mol. The normalized spacial score (nSPS) is 17.9. The second kappa shape index (κ2) is 4.84. The molecule has 16 heavy (non-hydrogen) atoms. The van der Waals surface area contributed by atoms with Crippen LogP contribution in [0.5, 0.6) is 5.88 Å². The molecule has 1 saturated carbocycles. The first-order valence-corrected chi connectivity index (χ1v) is 5.64. The molecule has 88 valence electrons. The fourth-order valence-electron chi connectivity index (χ4n) is 1.72. The van der Waals surface area contributed by atoms with Gasteiger partial charge in [0.05, 0.1) is 6.61 Å². The molecule has 1 aliphatic rings. The number of aromatic nitrogens is 2. The second-order valence-corrected chi connectivity index (χ2v) is 4.30. The number of nitrogens with two attached hydrogens (primary N) is 1. The lowest BCUT2D eigenvalue weighted by atomic mass is 9.81. The molecule has 1 unspecified atom stereocenters. The number of aliphatic hydroxyl groups is 1. The van der Waals surface area contributed by atoms with Gasteiger partial charge in [-0.1, -0.05) is 18.0 Å². The van der Waals surface area contributed by atoms with E-state index in [4.69, 9.17) is 22.1 Å². The lowest BCUT2D eigenvalue weighted by molar-refractivity contribution is 0.0315. The third-order valence-corrected chi connectivity index (χ3v) is 3.01. The smallest absolute Gasteiger partial charge is 0.224 e. The molecule has 0 radical (unpaired) electrons. The maximum Gasteiger partial charge on any atom is 0.224 e. The largest absolute Gasteiger partial charge is 0.471 e. The summed E-state index contributed by atoms with van der Waals surface area (Å²) >= 11 is 5.73. The number of hydrogen-bond acceptors (Lipinski definition) is 5. The topological polar surface area (TPSA) is 81.3 Å². The molecule has 1 heterocycles. The molecule has 1 aromatic heterocycles. The number of aliphatic hydroxyl groups excluding tert-OH is 1. The minimum atomic E-state index is -0.223. The first-order chi connectivity index (χ1) is 7.69. The van der Waals surface area contributed by atoms with Crippen molar-refractivity contribution < 1.29 is 9.84 Å². The van der Waals surface area contributed by atoms with Gasteiger partial charge < -0.3 is 15.6 Å². The molecule has 0 saturated heterocycles. The maximum absolute atomic E-state index is 9.23. The van der Waals surface area contributed by atoms with Crippen molar-refractivity contribution in [2.45, 2.75) is 25.4 Å². The Morgan fingerprint density at radius 2 is 2.31 bits per heavy atom. The molecule has 1 fully saturated rings. The van der Waals surface area contributed by atoms with E-state index in [1.807, 2.05) is 0 Å². The Hall–Kier alpha value is -1.07. The average molecular weight is 244 g/mol. The molecule has 6 heteroatoms. The zero-order chi connectivity index (χ0) is 11.5. The van der Waals surface area contributed by atoms with E-state index < -0.39 is 0 Å². The number of halogens is 1. The van der Waals surface area contributed by atoms with Crippen molar-refractivity contribution in [2.75, 3.05) is 12.3 Å². The van der Waals surface area contributed by atoms with Gasteiger partial charge in [-0.15, -0.1) is 0 Å². The van der Waals surface area contributed by atoms with Crippen molar-refractivity contribution in [2.24, 2.45) is 5.92 Å². The fraction of sp³-hybridized carbons (Fsp3) is 0.600. The van der Waals surface area contributed by atoms with Crippen LogP contribution in [0.15, 0.2) is 6.07 Å². The number of hydrogen-bond donors (Lipinski definition) is 2. The molecule has 5 nitrogen and oxygen atoms in total. The van der Waals surface area contributed by atoms with Crippen molar-refractivity contribution in [3.8, 4) is 5.88 Å². The summed E-state index contributed by atoms with van der Waals surface area (Å²) < 4.78 is 5.56. The number of nitrogen functional groups attached to an aromatic ring is 1. The van der Waals surface area contributed by atoms with Gasteiger partial charge in [-0.2, -0.15) is 4.98 Å². The van der Waals surface area contributed by atoms with Crippen LogP contribution >= 0.6 is 11.6 Å². The Morgan fingerprint density at radius 1 is 1.56 bits per heavy atom. The van der Waals surface area contributed by atoms with Gasteiger partial charge >= 0.3 is 0 Å². The van der Waals surface area contributed by atoms with Gasteiger partial charge in [0.1, 0.15) is 11.3 Å². The van der Waals surface area contributed by atoms with Crippen LogP contribution in [0.1, 0.15) is 19.3 Å². The van der Waals surface area contributed by atoms with E-state index in [-0.39, 0.29) is 23.8 Å². The van der Waals surface area contributed by atoms with Crippen molar-refractivity contribution in [1.82, 2.24) is 9.97 Å². The average Bonchev–Trinajstić information content (AvgIpc) is 2.12. The zero-order valence-electron chi connectivity index (χ0n) is 8.77. The number of rotatable bonds is 4. The molecule has 2 rings (SSSR count). The highest BCUT2D eigenvalue weighted by atomic mass is 35.5. The SMILES string of the molecule is Nc1nc(Cl)cc(OC(CO)C2CCC2)n1. The molecule has 1 atom stereocenters. The van der Waals surface area contributed by atoms with Gasteiger partial charge in [0.2, 0.25) is 11.8 Å². The molecule has 0 bridgehead atoms. The zero-order valence-corrected chi connectivity index (χ0v) is 9.52. The van der Waals surface area contributed by atoms with Crippen molar-refractivity contribution in [3.63, 3.8) is 0 Å². The quantitative estimate of drug-likeness (QED) is 0.778. The Balaban J connectivity index is 2.05. The van der Waals surface area contributed by atoms with Crippen LogP contribution in [-0.4, -0.2) is 27.8 Å². The molecule has 0 aliphatic heterocycles. The number of nitrogens with zero attached hydrogens (tertiary/aromatic N) is 2. The summed E-state index contributed by atoms with van der Waals surface area (Å²) in [5, 5.41) is 9.47. The van der Waals surface area contributed by atoms with E-state index in [1.165, 1.54) is 12.5 Å². The molecule has 0 aromatic carbocycles. The molecule has 1 aliphatic carbocycles. The van der Waals surface area contributed by atoms with Crippen LogP contribution in [0.3, 0.4) is 0 Å². The fourth-order valence-corrected chi connectivity index (χ4v) is 1.90. The summed E-state index contributed by atoms with van der Waals surface area (Å²) in [5.74, 6) is 0.802. The molecule has 0 amide bonds. The number of anilines is 1. The van der Waals surface area contributed by atoms with E-state index in [0.29, 0.717) is 11.8 Å². The minimum absolute atomic E-state index is 0.0216. The van der Waals surface area contributed by atoms with Gasteiger partial charge in [0.25, 0.3) is 0 Å². The van der Waals surface area contributed by atoms with Gasteiger partial charge in [-0.05, 0) is 18.8 Å². The maximum atomic E-state index is 9.23. The Morgan fingerprint density at radius 3 is 2.81 bits per heavy atom. The monoisotopic (exact) mass is 243 g/mol. The van der Waals surface area contributed by atoms with Crippen LogP contribution in [0.4, 0.5) is 5.95 Å². The van der Waals surface area contributed by atoms with E-state index >= 15 is 0 Å². The molecular formula is C10H14ClN3O2. The summed E-state index contributed by atoms with van der Waals surface area (Å²) in [7, 11) is 0. The Kier molecular flexibility index (Phi) is 3.46. The van der Waals surface area contributed by atoms with E-state index in [0.717, 1.165) is 12.8 Å². The van der Waals surface area contributed by atoms with Gasteiger partial charge in [-0.3, -0.25) is 0 Å². The summed E-state index contributed by atoms with van der Waals surface area (Å²) in [5.41, 5.74) is 5.45. The van der Waals surface area contributed by atoms with Crippen LogP contribution in [0.2, 0.25) is 5.15 Å². The lowest BCUT2D eigenvalue weighted by Crippen LogP contribution is -2.35. The molecular weight excluding hydrogens is 230 g/mol. The van der Waals surface area contributed by atoms with Crippen molar-refractivity contribution in [1.29, 1.82) is 0 Å². The first-order valence-electron chi connectivity index (χ1n) is 5.26. The van der Waals surface area contributed by atoms with Crippen LogP contribution in [0, 0.1) is 5.92 Å². The summed E-state index contributed by atoms with van der Waals surface area (Å²) in [6.45, 7) is -0.0216. The molecule has 3 N–H and O–H groups in total. The predicted octanol–water partition coefficient (Wildman–Crippen LogP) is 1.25. The van der Waals surface area contributed by atoms with Gasteiger partial charge in [0, 0.05) is 6.07 Å². The van der Waals surface area contributed by atoms with Crippen molar-refractivity contribution in [3.05, 3.63) is 11.2 Å². The third kappa shape index (κ3) is 2.54. The lowest BCUT2D eigenvalue weighted by Gasteiger charge is -2.32. The van der Waals surface area contributed by atoms with E-state index in [1.54, 1.807) is 0 Å². The number of ether oxygens (including phenoxy) is 1.